The summed E-state index contributed by atoms with van der Waals surface area (Å²) in [6, 6.07) is 20.7. The van der Waals surface area contributed by atoms with Gasteiger partial charge in [-0.05, 0) is 67.3 Å². The fourth-order valence-corrected chi connectivity index (χ4v) is 6.14. The normalized spacial score (nSPS) is 13.7. The number of fused-ring (bicyclic) bond motifs is 3. The Labute approximate surface area is 327 Å². The first-order valence-corrected chi connectivity index (χ1v) is 18.6. The van der Waals surface area contributed by atoms with Crippen LogP contribution in [0, 0.1) is 11.8 Å². The van der Waals surface area contributed by atoms with Gasteiger partial charge in [0.1, 0.15) is 37.4 Å². The number of hydroxylamine groups is 2. The smallest absolute Gasteiger partial charge is 0.408 e. The van der Waals surface area contributed by atoms with Crippen LogP contribution in [0.1, 0.15) is 78.0 Å². The highest BCUT2D eigenvalue weighted by Crippen LogP contribution is 2.44. The van der Waals surface area contributed by atoms with E-state index in [0.717, 1.165) is 27.8 Å². The Morgan fingerprint density at radius 3 is 1.84 bits per heavy atom. The first-order valence-electron chi connectivity index (χ1n) is 18.6. The van der Waals surface area contributed by atoms with Crippen LogP contribution in [0.5, 0.6) is 0 Å². The van der Waals surface area contributed by atoms with Crippen LogP contribution in [-0.4, -0.2) is 77.9 Å². The molecule has 0 spiro atoms. The molecule has 0 fully saturated rings. The molecule has 3 aromatic rings. The Hall–Kier alpha value is -5.92. The van der Waals surface area contributed by atoms with E-state index >= 15 is 0 Å². The van der Waals surface area contributed by atoms with Crippen LogP contribution >= 0.6 is 0 Å². The quantitative estimate of drug-likeness (QED) is 0.106. The molecule has 0 heterocycles. The van der Waals surface area contributed by atoms with Crippen molar-refractivity contribution in [2.75, 3.05) is 13.2 Å². The Kier molecular flexibility index (Phi) is 14.6. The number of nitrogens with one attached hydrogen (secondary N) is 3. The van der Waals surface area contributed by atoms with Gasteiger partial charge in [-0.3, -0.25) is 9.59 Å². The zero-order valence-corrected chi connectivity index (χ0v) is 33.1. The second-order valence-corrected chi connectivity index (χ2v) is 15.2. The minimum absolute atomic E-state index is 0.0240. The second kappa shape index (κ2) is 19.1. The third kappa shape index (κ3) is 11.5. The number of nitrogens with zero attached hydrogens (tertiary/aromatic N) is 1. The molecule has 4 amide bonds. The molecule has 0 aliphatic heterocycles. The van der Waals surface area contributed by atoms with Gasteiger partial charge in [-0.2, -0.15) is 5.06 Å². The highest BCUT2D eigenvalue weighted by atomic mass is 16.7. The van der Waals surface area contributed by atoms with E-state index in [9.17, 15) is 28.8 Å². The van der Waals surface area contributed by atoms with Gasteiger partial charge in [0.2, 0.25) is 5.91 Å². The lowest BCUT2D eigenvalue weighted by Gasteiger charge is -2.34. The Bertz CT molecular complexity index is 1830. The van der Waals surface area contributed by atoms with Gasteiger partial charge in [-0.15, -0.1) is 0 Å². The average Bonchev–Trinajstić information content (AvgIpc) is 3.46. The van der Waals surface area contributed by atoms with Crippen molar-refractivity contribution < 1.29 is 47.8 Å². The van der Waals surface area contributed by atoms with E-state index in [-0.39, 0.29) is 19.1 Å². The molecule has 0 saturated carbocycles. The van der Waals surface area contributed by atoms with Crippen molar-refractivity contribution in [2.24, 2.45) is 11.8 Å². The summed E-state index contributed by atoms with van der Waals surface area (Å²) in [5.41, 5.74) is 3.97. The molecule has 3 N–H and O–H groups in total. The lowest BCUT2D eigenvalue weighted by molar-refractivity contribution is -0.211. The number of rotatable bonds is 14. The molecule has 14 heteroatoms. The summed E-state index contributed by atoms with van der Waals surface area (Å²) in [7, 11) is 0. The lowest BCUT2D eigenvalue weighted by atomic mass is 9.98. The number of alkyl carbamates (subject to hydrolysis) is 2. The maximum atomic E-state index is 14.1. The molecule has 0 bridgehead atoms. The largest absolute Gasteiger partial charge is 0.459 e. The summed E-state index contributed by atoms with van der Waals surface area (Å²) >= 11 is 0. The van der Waals surface area contributed by atoms with Crippen molar-refractivity contribution >= 4 is 35.9 Å². The van der Waals surface area contributed by atoms with E-state index in [2.05, 4.69) is 16.0 Å². The maximum Gasteiger partial charge on any atom is 0.408 e. The summed E-state index contributed by atoms with van der Waals surface area (Å²) in [4.78, 5) is 85.4. The van der Waals surface area contributed by atoms with E-state index in [1.165, 1.54) is 6.92 Å². The molecule has 1 aliphatic rings. The van der Waals surface area contributed by atoms with Crippen LogP contribution in [-0.2, 0) is 44.8 Å². The number of esters is 1. The van der Waals surface area contributed by atoms with Gasteiger partial charge in [-0.25, -0.2) is 19.2 Å². The van der Waals surface area contributed by atoms with Gasteiger partial charge in [0.25, 0.3) is 5.91 Å². The third-order valence-corrected chi connectivity index (χ3v) is 8.84. The predicted octanol–water partition coefficient (Wildman–Crippen LogP) is 5.63. The molecular weight excluding hydrogens is 720 g/mol. The summed E-state index contributed by atoms with van der Waals surface area (Å²) < 4.78 is 16.3. The van der Waals surface area contributed by atoms with Gasteiger partial charge < -0.3 is 35.0 Å². The molecule has 56 heavy (non-hydrogen) atoms. The fourth-order valence-electron chi connectivity index (χ4n) is 6.14. The number of ether oxygens (including phenoxy) is 3. The number of benzene rings is 3. The first-order chi connectivity index (χ1) is 26.5. The molecule has 0 aromatic heterocycles. The molecule has 300 valence electrons. The van der Waals surface area contributed by atoms with Crippen LogP contribution in [0.2, 0.25) is 0 Å². The number of hydrogen-bond donors (Lipinski definition) is 3. The van der Waals surface area contributed by atoms with Crippen molar-refractivity contribution in [1.29, 1.82) is 0 Å². The van der Waals surface area contributed by atoms with Gasteiger partial charge in [0.15, 0.2) is 6.04 Å². The molecule has 1 aliphatic carbocycles. The lowest BCUT2D eigenvalue weighted by Crippen LogP contribution is -2.60. The highest BCUT2D eigenvalue weighted by molar-refractivity contribution is 5.93. The minimum Gasteiger partial charge on any atom is -0.459 e. The van der Waals surface area contributed by atoms with E-state index < -0.39 is 78.0 Å². The van der Waals surface area contributed by atoms with Crippen LogP contribution in [0.4, 0.5) is 9.59 Å². The van der Waals surface area contributed by atoms with Crippen LogP contribution in [0.3, 0.4) is 0 Å². The van der Waals surface area contributed by atoms with E-state index in [1.54, 1.807) is 72.7 Å². The van der Waals surface area contributed by atoms with E-state index in [0.29, 0.717) is 5.06 Å². The van der Waals surface area contributed by atoms with Gasteiger partial charge >= 0.3 is 24.1 Å². The molecule has 3 aromatic carbocycles. The van der Waals surface area contributed by atoms with Crippen LogP contribution in [0.15, 0.2) is 78.9 Å². The monoisotopic (exact) mass is 772 g/mol. The summed E-state index contributed by atoms with van der Waals surface area (Å²) in [5.74, 6) is -5.00. The summed E-state index contributed by atoms with van der Waals surface area (Å²) in [6.07, 6.45) is -1.83. The standard InChI is InChI=1S/C42H52N4O10/c1-25(2)35(39(50)53-23-28-16-10-9-11-17-28)45-37(48)36(26(3)4)46(56-34(47)22-43-40(51)55-42(6,7)8)38(49)27(5)44-41(52)54-24-33-31-20-14-12-18-29(31)30-19-13-15-21-32(30)33/h9-21,25-27,33,35-36H,22-24H2,1-8H3,(H,43,51)(H,44,52)(H,45,48)/t27-,35-,36+/m0/s1. The SMILES string of the molecule is CC(C)[C@H](NC(=O)[C@@H](C(C)C)N(OC(=O)CNC(=O)OC(C)(C)C)C(=O)[C@H](C)NC(=O)OCC1c2ccccc2-c2ccccc21)C(=O)OCc1ccccc1. The van der Waals surface area contributed by atoms with Crippen molar-refractivity contribution in [1.82, 2.24) is 21.0 Å². The minimum atomic E-state index is -1.50. The molecule has 4 rings (SSSR count). The number of carbonyl (C=O) groups is 6. The van der Waals surface area contributed by atoms with Crippen molar-refractivity contribution in [3.8, 4) is 11.1 Å². The topological polar surface area (TPSA) is 179 Å². The zero-order chi connectivity index (χ0) is 41.2. The van der Waals surface area contributed by atoms with Gasteiger partial charge in [0, 0.05) is 5.92 Å². The molecule has 3 atom stereocenters. The average molecular weight is 773 g/mol. The van der Waals surface area contributed by atoms with Gasteiger partial charge in [-0.1, -0.05) is 107 Å². The van der Waals surface area contributed by atoms with Crippen LogP contribution < -0.4 is 16.0 Å². The number of hydrogen-bond acceptors (Lipinski definition) is 10. The molecular formula is C42H52N4O10. The maximum absolute atomic E-state index is 14.1. The summed E-state index contributed by atoms with van der Waals surface area (Å²) in [5, 5.41) is 7.97. The van der Waals surface area contributed by atoms with Crippen molar-refractivity contribution in [3.05, 3.63) is 95.6 Å². The fraction of sp³-hybridized carbons (Fsp3) is 0.429. The first kappa shape index (κ1) is 42.8. The molecule has 0 radical (unpaired) electrons. The van der Waals surface area contributed by atoms with Gasteiger partial charge in [0.05, 0.1) is 0 Å². The highest BCUT2D eigenvalue weighted by Gasteiger charge is 2.41. The van der Waals surface area contributed by atoms with Crippen LogP contribution in [0.25, 0.3) is 11.1 Å². The van der Waals surface area contributed by atoms with E-state index in [4.69, 9.17) is 19.0 Å². The zero-order valence-electron chi connectivity index (χ0n) is 33.1. The summed E-state index contributed by atoms with van der Waals surface area (Å²) in [6.45, 7) is 12.1. The molecule has 0 saturated heterocycles. The number of carbonyl (C=O) groups excluding carboxylic acids is 6. The van der Waals surface area contributed by atoms with Crippen molar-refractivity contribution in [3.63, 3.8) is 0 Å². The Balaban J connectivity index is 1.50. The Morgan fingerprint density at radius 1 is 0.714 bits per heavy atom. The molecule has 14 nitrogen and oxygen atoms in total. The van der Waals surface area contributed by atoms with E-state index in [1.807, 2.05) is 54.6 Å². The number of amides is 4. The van der Waals surface area contributed by atoms with Crippen molar-refractivity contribution in [2.45, 2.75) is 91.6 Å². The third-order valence-electron chi connectivity index (χ3n) is 8.84. The predicted molar refractivity (Wildman–Crippen MR) is 206 cm³/mol. The second-order valence-electron chi connectivity index (χ2n) is 15.2. The Morgan fingerprint density at radius 2 is 1.29 bits per heavy atom. The molecule has 0 unspecified atom stereocenters.